The van der Waals surface area contributed by atoms with Crippen LogP contribution in [0.2, 0.25) is 0 Å². The lowest BCUT2D eigenvalue weighted by Crippen LogP contribution is -2.20. The summed E-state index contributed by atoms with van der Waals surface area (Å²) in [5.41, 5.74) is 0.969. The zero-order valence-corrected chi connectivity index (χ0v) is 15.1. The van der Waals surface area contributed by atoms with Gasteiger partial charge in [0.1, 0.15) is 0 Å². The lowest BCUT2D eigenvalue weighted by Gasteiger charge is -2.15. The lowest BCUT2D eigenvalue weighted by molar-refractivity contribution is 0.0307. The summed E-state index contributed by atoms with van der Waals surface area (Å²) in [7, 11) is 1.66. The van der Waals surface area contributed by atoms with Crippen LogP contribution in [0.4, 0.5) is 8.78 Å². The van der Waals surface area contributed by atoms with Gasteiger partial charge < -0.3 is 15.8 Å². The zero-order valence-electron chi connectivity index (χ0n) is 15.1. The number of nitrogens with one attached hydrogen (secondary N) is 2. The minimum absolute atomic E-state index is 0.157. The van der Waals surface area contributed by atoms with Crippen LogP contribution in [0.15, 0.2) is 48.7 Å². The van der Waals surface area contributed by atoms with E-state index in [4.69, 9.17) is 5.41 Å². The fraction of sp³-hybridized carbons (Fsp3) is 0.105. The summed E-state index contributed by atoms with van der Waals surface area (Å²) in [5, 5.41) is 31.8. The third-order valence-electron chi connectivity index (χ3n) is 4.33. The van der Waals surface area contributed by atoms with Gasteiger partial charge in [-0.1, -0.05) is 6.07 Å². The Kier molecular flexibility index (Phi) is 4.38. The van der Waals surface area contributed by atoms with Gasteiger partial charge in [-0.15, -0.1) is 10.2 Å². The van der Waals surface area contributed by atoms with Gasteiger partial charge in [0.2, 0.25) is 11.7 Å². The molecule has 0 saturated heterocycles. The van der Waals surface area contributed by atoms with E-state index in [9.17, 15) is 5.11 Å². The van der Waals surface area contributed by atoms with Crippen molar-refractivity contribution in [2.45, 2.75) is 5.92 Å². The second-order valence-electron chi connectivity index (χ2n) is 6.20. The molecule has 29 heavy (non-hydrogen) atoms. The molecule has 3 heterocycles. The molecule has 4 aromatic rings. The third-order valence-corrected chi connectivity index (χ3v) is 4.33. The largest absolute Gasteiger partial charge is 0.493 e. The molecular formula is C19H15F2N7O. The number of fused-ring (bicyclic) bond motifs is 2. The van der Waals surface area contributed by atoms with Gasteiger partial charge in [0.25, 0.3) is 0 Å². The molecule has 0 unspecified atom stereocenters. The number of alkyl halides is 2. The molecule has 0 saturated carbocycles. The van der Waals surface area contributed by atoms with Crippen molar-refractivity contribution in [2.75, 3.05) is 7.05 Å². The van der Waals surface area contributed by atoms with E-state index in [0.717, 1.165) is 10.7 Å². The van der Waals surface area contributed by atoms with E-state index in [2.05, 4.69) is 25.6 Å². The Morgan fingerprint density at radius 3 is 2.76 bits per heavy atom. The molecule has 10 heteroatoms. The number of aromatic nitrogens is 5. The average Bonchev–Trinajstić information content (AvgIpc) is 3.15. The van der Waals surface area contributed by atoms with Crippen molar-refractivity contribution in [1.82, 2.24) is 30.1 Å². The summed E-state index contributed by atoms with van der Waals surface area (Å²) in [6.45, 7) is 0. The fourth-order valence-corrected chi connectivity index (χ4v) is 2.92. The summed E-state index contributed by atoms with van der Waals surface area (Å²) in [5.74, 6) is -4.32. The highest BCUT2D eigenvalue weighted by atomic mass is 19.3. The second kappa shape index (κ2) is 6.89. The zero-order chi connectivity index (χ0) is 20.6. The molecule has 0 spiro atoms. The number of nitrogens with zero attached hydrogens (tertiary/aromatic N) is 5. The first-order valence-electron chi connectivity index (χ1n) is 8.53. The number of hydrogen-bond donors (Lipinski definition) is 3. The highest BCUT2D eigenvalue weighted by Crippen LogP contribution is 2.36. The average molecular weight is 395 g/mol. The van der Waals surface area contributed by atoms with E-state index in [0.29, 0.717) is 22.2 Å². The van der Waals surface area contributed by atoms with Crippen molar-refractivity contribution in [2.24, 2.45) is 0 Å². The smallest absolute Gasteiger partial charge is 0.333 e. The first kappa shape index (κ1) is 18.4. The van der Waals surface area contributed by atoms with E-state index in [1.54, 1.807) is 13.1 Å². The molecule has 3 aromatic heterocycles. The molecule has 0 aliphatic carbocycles. The van der Waals surface area contributed by atoms with Crippen LogP contribution >= 0.6 is 0 Å². The van der Waals surface area contributed by atoms with Crippen molar-refractivity contribution >= 4 is 28.3 Å². The minimum atomic E-state index is -3.49. The van der Waals surface area contributed by atoms with Gasteiger partial charge in [0.05, 0.1) is 11.2 Å². The first-order valence-corrected chi connectivity index (χ1v) is 8.53. The van der Waals surface area contributed by atoms with Crippen LogP contribution in [-0.4, -0.2) is 43.2 Å². The molecule has 0 atom stereocenters. The number of allylic oxidation sites excluding steroid dienone is 1. The van der Waals surface area contributed by atoms with Gasteiger partial charge in [-0.3, -0.25) is 0 Å². The minimum Gasteiger partial charge on any atom is -0.493 e. The van der Waals surface area contributed by atoms with Crippen LogP contribution in [0.3, 0.4) is 0 Å². The molecule has 146 valence electrons. The van der Waals surface area contributed by atoms with E-state index in [-0.39, 0.29) is 17.1 Å². The van der Waals surface area contributed by atoms with Crippen LogP contribution in [-0.2, 0) is 5.92 Å². The van der Waals surface area contributed by atoms with E-state index in [1.165, 1.54) is 42.6 Å². The molecule has 3 N–H and O–H groups in total. The van der Waals surface area contributed by atoms with Gasteiger partial charge in [-0.25, -0.2) is 4.98 Å². The van der Waals surface area contributed by atoms with Crippen LogP contribution in [0.25, 0.3) is 22.1 Å². The number of pyridine rings is 1. The maximum atomic E-state index is 15.3. The van der Waals surface area contributed by atoms with E-state index < -0.39 is 11.7 Å². The van der Waals surface area contributed by atoms with Crippen molar-refractivity contribution in [3.63, 3.8) is 0 Å². The Morgan fingerprint density at radius 2 is 2.00 bits per heavy atom. The molecule has 8 nitrogen and oxygen atoms in total. The van der Waals surface area contributed by atoms with Crippen molar-refractivity contribution < 1.29 is 13.9 Å². The molecule has 0 bridgehead atoms. The highest BCUT2D eigenvalue weighted by Gasteiger charge is 2.40. The van der Waals surface area contributed by atoms with Crippen molar-refractivity contribution in [3.05, 3.63) is 65.7 Å². The molecule has 0 radical (unpaired) electrons. The third kappa shape index (κ3) is 3.14. The summed E-state index contributed by atoms with van der Waals surface area (Å²) in [6, 6.07) is 9.85. The van der Waals surface area contributed by atoms with Gasteiger partial charge in [-0.2, -0.15) is 18.4 Å². The van der Waals surface area contributed by atoms with Crippen LogP contribution in [0.5, 0.6) is 5.88 Å². The van der Waals surface area contributed by atoms with E-state index in [1.807, 2.05) is 0 Å². The predicted octanol–water partition coefficient (Wildman–Crippen LogP) is 2.73. The molecule has 0 fully saturated rings. The Balaban J connectivity index is 1.85. The number of halogens is 2. The van der Waals surface area contributed by atoms with Crippen LogP contribution in [0, 0.1) is 5.41 Å². The Hall–Kier alpha value is -3.95. The van der Waals surface area contributed by atoms with Gasteiger partial charge in [0, 0.05) is 42.1 Å². The monoisotopic (exact) mass is 395 g/mol. The SMILES string of the molecule is CN/C=C(\C=N)c1ccc2nnc(C(F)(F)c3ccc4nc(O)ccc4c3)n2n1. The summed E-state index contributed by atoms with van der Waals surface area (Å²) in [4.78, 5) is 3.90. The van der Waals surface area contributed by atoms with Crippen molar-refractivity contribution in [1.29, 1.82) is 5.41 Å². The molecule has 4 rings (SSSR count). The second-order valence-corrected chi connectivity index (χ2v) is 6.20. The predicted molar refractivity (Wildman–Crippen MR) is 103 cm³/mol. The fourth-order valence-electron chi connectivity index (χ4n) is 2.92. The highest BCUT2D eigenvalue weighted by molar-refractivity contribution is 6.07. The van der Waals surface area contributed by atoms with Gasteiger partial charge in [0.15, 0.2) is 5.65 Å². The molecular weight excluding hydrogens is 380 g/mol. The number of benzene rings is 1. The standard InChI is InChI=1S/C19H15F2N7O/c1-23-10-12(9-22)15-5-6-16-25-26-18(28(16)27-15)19(20,21)13-3-4-14-11(8-13)2-7-17(29)24-14/h2-10,22-23H,1H3,(H,24,29)/b12-10+,22-9?. The maximum absolute atomic E-state index is 15.3. The topological polar surface area (TPSA) is 112 Å². The van der Waals surface area contributed by atoms with Crippen LogP contribution < -0.4 is 5.32 Å². The summed E-state index contributed by atoms with van der Waals surface area (Å²) < 4.78 is 31.6. The van der Waals surface area contributed by atoms with E-state index >= 15 is 8.78 Å². The number of aromatic hydroxyl groups is 1. The van der Waals surface area contributed by atoms with Gasteiger partial charge in [-0.05, 0) is 30.3 Å². The van der Waals surface area contributed by atoms with Gasteiger partial charge >= 0.3 is 5.92 Å². The molecule has 0 aliphatic heterocycles. The normalized spacial score (nSPS) is 12.4. The summed E-state index contributed by atoms with van der Waals surface area (Å²) >= 11 is 0. The quantitative estimate of drug-likeness (QED) is 0.448. The molecule has 0 amide bonds. The lowest BCUT2D eigenvalue weighted by atomic mass is 10.0. The van der Waals surface area contributed by atoms with Crippen LogP contribution in [0.1, 0.15) is 17.1 Å². The van der Waals surface area contributed by atoms with Crippen molar-refractivity contribution in [3.8, 4) is 5.88 Å². The Bertz CT molecular complexity index is 1270. The maximum Gasteiger partial charge on any atom is 0.333 e. The number of rotatable bonds is 5. The molecule has 0 aliphatic rings. The molecule has 1 aromatic carbocycles. The summed E-state index contributed by atoms with van der Waals surface area (Å²) in [6.07, 6.45) is 2.60. The first-order chi connectivity index (χ1) is 13.9. The Morgan fingerprint density at radius 1 is 1.17 bits per heavy atom. The number of hydrogen-bond acceptors (Lipinski definition) is 7. The Labute approximate surface area is 163 Å².